The lowest BCUT2D eigenvalue weighted by molar-refractivity contribution is -0.132. The van der Waals surface area contributed by atoms with Gasteiger partial charge in [0, 0.05) is 55.9 Å². The van der Waals surface area contributed by atoms with Crippen molar-refractivity contribution in [2.24, 2.45) is 0 Å². The Hall–Kier alpha value is 0.935. The van der Waals surface area contributed by atoms with E-state index in [1.54, 1.807) is 13.8 Å². The second-order valence-corrected chi connectivity index (χ2v) is 27.6. The zero-order valence-corrected chi connectivity index (χ0v) is 30.0. The molecule has 0 aliphatic carbocycles. The van der Waals surface area contributed by atoms with Crippen LogP contribution < -0.4 is 0 Å². The van der Waals surface area contributed by atoms with Crippen molar-refractivity contribution in [3.8, 4) is 0 Å². The molecule has 0 aromatic rings. The quantitative estimate of drug-likeness (QED) is 0.239. The predicted molar refractivity (Wildman–Crippen MR) is 127 cm³/mol. The number of rotatable bonds is 9. The molecular formula is C10H30O20Si8. The van der Waals surface area contributed by atoms with Crippen molar-refractivity contribution in [1.82, 2.24) is 0 Å². The minimum absolute atomic E-state index is 0.607. The Bertz CT molecular complexity index is 859. The monoisotopic (exact) mass is 694 g/mol. The van der Waals surface area contributed by atoms with Crippen LogP contribution in [-0.2, 0) is 80.7 Å². The van der Waals surface area contributed by atoms with Gasteiger partial charge in [0.2, 0.25) is 0 Å². The van der Waals surface area contributed by atoms with E-state index in [-0.39, 0.29) is 0 Å². The zero-order chi connectivity index (χ0) is 28.1. The smallest absolute Gasteiger partial charge is 0.380 e. The molecule has 0 spiro atoms. The van der Waals surface area contributed by atoms with Crippen molar-refractivity contribution < 1.29 is 85.5 Å². The Morgan fingerprint density at radius 1 is 0.500 bits per heavy atom. The van der Waals surface area contributed by atoms with Crippen LogP contribution in [0.25, 0.3) is 0 Å². The second kappa shape index (κ2) is 11.2. The molecule has 8 unspecified atom stereocenters. The molecule has 28 heteroatoms. The van der Waals surface area contributed by atoms with Crippen molar-refractivity contribution in [3.63, 3.8) is 0 Å². The van der Waals surface area contributed by atoms with Gasteiger partial charge in [0.05, 0.1) is 0 Å². The molecule has 4 rings (SSSR count). The van der Waals surface area contributed by atoms with E-state index in [0.717, 1.165) is 21.3 Å². The molecule has 0 radical (unpaired) electrons. The highest BCUT2D eigenvalue weighted by Gasteiger charge is 2.86. The van der Waals surface area contributed by atoms with E-state index in [1.807, 2.05) is 0 Å². The van der Waals surface area contributed by atoms with Gasteiger partial charge in [-0.05, 0) is 13.8 Å². The average molecular weight is 695 g/mol. The van der Waals surface area contributed by atoms with Gasteiger partial charge in [-0.1, -0.05) is 0 Å². The highest BCUT2D eigenvalue weighted by Crippen LogP contribution is 2.44. The van der Waals surface area contributed by atoms with E-state index in [2.05, 4.69) is 0 Å². The van der Waals surface area contributed by atoms with Crippen LogP contribution in [-0.4, -0.2) is 134 Å². The lowest BCUT2D eigenvalue weighted by Gasteiger charge is -2.53. The van der Waals surface area contributed by atoms with Crippen LogP contribution in [0, 0.1) is 0 Å². The molecule has 1 N–H and O–H groups in total. The molecule has 0 amide bonds. The molecule has 0 saturated carbocycles. The Kier molecular flexibility index (Phi) is 9.40. The summed E-state index contributed by atoms with van der Waals surface area (Å²) in [5, 5.41) is 0. The molecule has 4 aliphatic heterocycles. The van der Waals surface area contributed by atoms with Crippen LogP contribution in [0.4, 0.5) is 0 Å². The lowest BCUT2D eigenvalue weighted by atomic mass is 10.5. The average Bonchev–Trinajstić information content (AvgIpc) is 2.83. The first kappa shape index (κ1) is 31.9. The van der Waals surface area contributed by atoms with Crippen molar-refractivity contribution in [1.29, 1.82) is 0 Å². The fourth-order valence-corrected chi connectivity index (χ4v) is 35.1. The summed E-state index contributed by atoms with van der Waals surface area (Å²) >= 11 is 0. The first-order chi connectivity index (χ1) is 17.8. The fourth-order valence-electron chi connectivity index (χ4n) is 3.23. The summed E-state index contributed by atoms with van der Waals surface area (Å²) in [5.74, 6) is 0. The van der Waals surface area contributed by atoms with Crippen molar-refractivity contribution in [3.05, 3.63) is 0 Å². The fraction of sp³-hybridized carbons (Fsp3) is 1.00. The third-order valence-electron chi connectivity index (χ3n) is 4.82. The minimum Gasteiger partial charge on any atom is -0.380 e. The van der Waals surface area contributed by atoms with Crippen molar-refractivity contribution in [2.75, 3.05) is 49.8 Å². The molecule has 38 heavy (non-hydrogen) atoms. The third kappa shape index (κ3) is 5.90. The normalized spacial score (nSPS) is 49.2. The Balaban J connectivity index is 2.06. The van der Waals surface area contributed by atoms with E-state index in [0.29, 0.717) is 0 Å². The second-order valence-electron chi connectivity index (χ2n) is 7.59. The van der Waals surface area contributed by atoms with Gasteiger partial charge < -0.3 is 85.5 Å². The van der Waals surface area contributed by atoms with Crippen molar-refractivity contribution >= 4 is 72.9 Å². The summed E-state index contributed by atoms with van der Waals surface area (Å²) in [7, 11) is -28.2. The van der Waals surface area contributed by atoms with Gasteiger partial charge in [-0.2, -0.15) is 0 Å². The van der Waals surface area contributed by atoms with Gasteiger partial charge in [-0.3, -0.25) is 0 Å². The topological polar surface area (TPSA) is 196 Å². The first-order valence-electron chi connectivity index (χ1n) is 10.7. The van der Waals surface area contributed by atoms with Crippen LogP contribution >= 0.6 is 0 Å². The van der Waals surface area contributed by atoms with Gasteiger partial charge in [-0.25, -0.2) is 0 Å². The first-order valence-corrected chi connectivity index (χ1v) is 23.6. The van der Waals surface area contributed by atoms with E-state index in [4.69, 9.17) is 80.7 Å². The van der Waals surface area contributed by atoms with E-state index < -0.39 is 79.0 Å². The molecule has 0 aromatic heterocycles. The Morgan fingerprint density at radius 3 is 1.18 bits per heavy atom. The van der Waals surface area contributed by atoms with Gasteiger partial charge >= 0.3 is 72.9 Å². The maximum absolute atomic E-state index is 11.3. The predicted octanol–water partition coefficient (Wildman–Crippen LogP) is -3.07. The minimum atomic E-state index is -4.89. The van der Waals surface area contributed by atoms with E-state index in [9.17, 15) is 4.80 Å². The van der Waals surface area contributed by atoms with Gasteiger partial charge in [-0.15, -0.1) is 0 Å². The Morgan fingerprint density at radius 2 is 0.842 bits per heavy atom. The molecule has 20 nitrogen and oxygen atoms in total. The SMILES string of the molecule is CO[SiH]1O[Si]2(OC)O[Si]3(OC)O[Si](O)(OC)O[Si]4(OC)O[Si](OC(C)C)(O1)O[Si](OC)(O2)O[Si](OC)(O3)O4. The van der Waals surface area contributed by atoms with Crippen LogP contribution in [0.2, 0.25) is 0 Å². The van der Waals surface area contributed by atoms with E-state index >= 15 is 0 Å². The molecule has 0 aromatic carbocycles. The summed E-state index contributed by atoms with van der Waals surface area (Å²) in [6.45, 7) is 3.33. The van der Waals surface area contributed by atoms with Gasteiger partial charge in [0.15, 0.2) is 0 Å². The lowest BCUT2D eigenvalue weighted by Crippen LogP contribution is -2.86. The van der Waals surface area contributed by atoms with Crippen LogP contribution in [0.1, 0.15) is 13.8 Å². The molecule has 4 aliphatic rings. The zero-order valence-electron chi connectivity index (χ0n) is 21.9. The molecule has 222 valence electrons. The summed E-state index contributed by atoms with van der Waals surface area (Å²) in [6.07, 6.45) is -0.607. The van der Waals surface area contributed by atoms with Crippen LogP contribution in [0.5, 0.6) is 0 Å². The summed E-state index contributed by atoms with van der Waals surface area (Å²) in [5.41, 5.74) is 0. The van der Waals surface area contributed by atoms with Gasteiger partial charge in [0.1, 0.15) is 0 Å². The van der Waals surface area contributed by atoms with Crippen LogP contribution in [0.3, 0.4) is 0 Å². The molecule has 4 heterocycles. The molecular weight excluding hydrogens is 665 g/mol. The van der Waals surface area contributed by atoms with E-state index in [1.165, 1.54) is 28.4 Å². The molecule has 8 atom stereocenters. The number of fused-ring (bicyclic) bond motifs is 4. The summed E-state index contributed by atoms with van der Waals surface area (Å²) in [4.78, 5) is 11.3. The number of hydrogen-bond acceptors (Lipinski definition) is 20. The molecule has 6 bridgehead atoms. The third-order valence-corrected chi connectivity index (χ3v) is 30.9. The molecule has 4 fully saturated rings. The maximum atomic E-state index is 11.3. The standard InChI is InChI=1S/C10H30O20Si8/c1-10(2)19-38-21-31(12-3)20-33(14-5)24-34(15-6)22-32(11,13-4)23-35(16-7,29-38)27-37(18-9,26-34)28-36(17-8,25-33)30-38/h10-11,31H,1-9H3. The highest BCUT2D eigenvalue weighted by atomic mass is 28.6. The summed E-state index contributed by atoms with van der Waals surface area (Å²) < 4.78 is 112. The van der Waals surface area contributed by atoms with Gasteiger partial charge in [0.25, 0.3) is 0 Å². The Labute approximate surface area is 227 Å². The van der Waals surface area contributed by atoms with Crippen molar-refractivity contribution in [2.45, 2.75) is 20.0 Å². The summed E-state index contributed by atoms with van der Waals surface area (Å²) in [6, 6.07) is 0. The van der Waals surface area contributed by atoms with Crippen LogP contribution in [0.15, 0.2) is 0 Å². The largest absolute Gasteiger partial charge is 0.665 e. The number of hydrogen-bond donors (Lipinski definition) is 1. The molecule has 4 saturated heterocycles. The highest BCUT2D eigenvalue weighted by molar-refractivity contribution is 6.94. The maximum Gasteiger partial charge on any atom is 0.665 e.